The number of hydrogen-bond acceptors (Lipinski definition) is 2. The minimum atomic E-state index is -0.248. The molecule has 2 aromatic rings. The van der Waals surface area contributed by atoms with Crippen molar-refractivity contribution in [2.75, 3.05) is 7.11 Å². The smallest absolute Gasteiger partial charge is 0.338 e. The first-order valence-corrected chi connectivity index (χ1v) is 6.22. The molecule has 0 saturated carbocycles. The number of rotatable bonds is 3. The monoisotopic (exact) mass is 242 g/mol. The molecule has 0 fully saturated rings. The van der Waals surface area contributed by atoms with Gasteiger partial charge in [0.1, 0.15) is 0 Å². The molecule has 2 heteroatoms. The molecule has 0 saturated heterocycles. The highest BCUT2D eigenvalue weighted by Gasteiger charge is 2.16. The van der Waals surface area contributed by atoms with Gasteiger partial charge >= 0.3 is 5.97 Å². The lowest BCUT2D eigenvalue weighted by Crippen LogP contribution is -2.08. The summed E-state index contributed by atoms with van der Waals surface area (Å²) >= 11 is 0. The Morgan fingerprint density at radius 3 is 2.56 bits per heavy atom. The standard InChI is InChI=1S/C16H18O2/c1-11(2)10-13-9-8-12-6-4-5-7-14(12)15(13)16(17)18-3/h4-9,11H,10H2,1-3H3. The van der Waals surface area contributed by atoms with Crippen molar-refractivity contribution in [3.05, 3.63) is 47.5 Å². The molecule has 2 aromatic carbocycles. The van der Waals surface area contributed by atoms with Crippen LogP contribution in [-0.4, -0.2) is 13.1 Å². The lowest BCUT2D eigenvalue weighted by molar-refractivity contribution is 0.0601. The van der Waals surface area contributed by atoms with Crippen LogP contribution in [0.2, 0.25) is 0 Å². The van der Waals surface area contributed by atoms with Crippen molar-refractivity contribution in [3.8, 4) is 0 Å². The molecule has 0 aliphatic carbocycles. The summed E-state index contributed by atoms with van der Waals surface area (Å²) in [7, 11) is 1.43. The van der Waals surface area contributed by atoms with Gasteiger partial charge in [-0.25, -0.2) is 4.79 Å². The fraction of sp³-hybridized carbons (Fsp3) is 0.312. The maximum absolute atomic E-state index is 12.0. The summed E-state index contributed by atoms with van der Waals surface area (Å²) in [5.74, 6) is 0.261. The van der Waals surface area contributed by atoms with Crippen LogP contribution in [0.1, 0.15) is 29.8 Å². The number of fused-ring (bicyclic) bond motifs is 1. The average Bonchev–Trinajstić information content (AvgIpc) is 2.37. The van der Waals surface area contributed by atoms with E-state index in [0.29, 0.717) is 11.5 Å². The van der Waals surface area contributed by atoms with Gasteiger partial charge in [-0.3, -0.25) is 0 Å². The van der Waals surface area contributed by atoms with E-state index < -0.39 is 0 Å². The number of carbonyl (C=O) groups excluding carboxylic acids is 1. The molecule has 0 heterocycles. The molecule has 0 spiro atoms. The van der Waals surface area contributed by atoms with E-state index in [2.05, 4.69) is 19.9 Å². The van der Waals surface area contributed by atoms with Gasteiger partial charge in [0.15, 0.2) is 0 Å². The molecule has 2 rings (SSSR count). The number of ether oxygens (including phenoxy) is 1. The summed E-state index contributed by atoms with van der Waals surface area (Å²) < 4.78 is 4.93. The summed E-state index contributed by atoms with van der Waals surface area (Å²) in [5, 5.41) is 2.05. The lowest BCUT2D eigenvalue weighted by Gasteiger charge is -2.13. The van der Waals surface area contributed by atoms with Crippen LogP contribution >= 0.6 is 0 Å². The molecule has 0 aliphatic heterocycles. The first-order valence-electron chi connectivity index (χ1n) is 6.22. The maximum atomic E-state index is 12.0. The van der Waals surface area contributed by atoms with Crippen molar-refractivity contribution in [1.29, 1.82) is 0 Å². The summed E-state index contributed by atoms with van der Waals surface area (Å²) in [4.78, 5) is 12.0. The normalized spacial score (nSPS) is 10.9. The molecule has 0 aliphatic rings. The Bertz CT molecular complexity index is 570. The van der Waals surface area contributed by atoms with Crippen molar-refractivity contribution >= 4 is 16.7 Å². The van der Waals surface area contributed by atoms with Crippen molar-refractivity contribution < 1.29 is 9.53 Å². The number of benzene rings is 2. The third-order valence-corrected chi connectivity index (χ3v) is 3.03. The molecule has 0 N–H and O–H groups in total. The van der Waals surface area contributed by atoms with Crippen LogP contribution in [-0.2, 0) is 11.2 Å². The Labute approximate surface area is 108 Å². The molecular weight excluding hydrogens is 224 g/mol. The number of esters is 1. The Morgan fingerprint density at radius 1 is 1.17 bits per heavy atom. The van der Waals surface area contributed by atoms with Crippen molar-refractivity contribution in [2.45, 2.75) is 20.3 Å². The molecule has 0 amide bonds. The van der Waals surface area contributed by atoms with Crippen molar-refractivity contribution in [2.24, 2.45) is 5.92 Å². The zero-order chi connectivity index (χ0) is 13.1. The Hall–Kier alpha value is -1.83. The average molecular weight is 242 g/mol. The van der Waals surface area contributed by atoms with E-state index in [4.69, 9.17) is 4.74 Å². The van der Waals surface area contributed by atoms with Gasteiger partial charge in [0, 0.05) is 0 Å². The summed E-state index contributed by atoms with van der Waals surface area (Å²) in [6.07, 6.45) is 0.884. The third-order valence-electron chi connectivity index (χ3n) is 3.03. The maximum Gasteiger partial charge on any atom is 0.338 e. The van der Waals surface area contributed by atoms with Crippen molar-refractivity contribution in [3.63, 3.8) is 0 Å². The lowest BCUT2D eigenvalue weighted by atomic mass is 9.93. The molecule has 0 radical (unpaired) electrons. The highest BCUT2D eigenvalue weighted by atomic mass is 16.5. The summed E-state index contributed by atoms with van der Waals surface area (Å²) in [5.41, 5.74) is 1.78. The van der Waals surface area contributed by atoms with Gasteiger partial charge in [0.2, 0.25) is 0 Å². The van der Waals surface area contributed by atoms with E-state index in [0.717, 1.165) is 22.8 Å². The van der Waals surface area contributed by atoms with Crippen molar-refractivity contribution in [1.82, 2.24) is 0 Å². The number of carbonyl (C=O) groups is 1. The SMILES string of the molecule is COC(=O)c1c(CC(C)C)ccc2ccccc12. The van der Waals surface area contributed by atoms with Gasteiger partial charge in [-0.15, -0.1) is 0 Å². The van der Waals surface area contributed by atoms with Crippen LogP contribution in [0, 0.1) is 5.92 Å². The minimum Gasteiger partial charge on any atom is -0.465 e. The van der Waals surface area contributed by atoms with Gasteiger partial charge in [0.05, 0.1) is 12.7 Å². The van der Waals surface area contributed by atoms with E-state index in [1.807, 2.05) is 30.3 Å². The van der Waals surface area contributed by atoms with E-state index in [1.165, 1.54) is 7.11 Å². The predicted octanol–water partition coefficient (Wildman–Crippen LogP) is 3.82. The Morgan fingerprint density at radius 2 is 1.89 bits per heavy atom. The first kappa shape index (κ1) is 12.6. The second-order valence-electron chi connectivity index (χ2n) is 4.91. The zero-order valence-electron chi connectivity index (χ0n) is 11.1. The quantitative estimate of drug-likeness (QED) is 0.765. The second-order valence-corrected chi connectivity index (χ2v) is 4.91. The fourth-order valence-electron chi connectivity index (χ4n) is 2.27. The molecule has 0 aromatic heterocycles. The van der Waals surface area contributed by atoms with Crippen LogP contribution in [0.15, 0.2) is 36.4 Å². The van der Waals surface area contributed by atoms with Gasteiger partial charge in [-0.05, 0) is 28.7 Å². The first-order chi connectivity index (χ1) is 8.63. The fourth-order valence-corrected chi connectivity index (χ4v) is 2.27. The predicted molar refractivity (Wildman–Crippen MR) is 73.8 cm³/mol. The van der Waals surface area contributed by atoms with Gasteiger partial charge < -0.3 is 4.74 Å². The molecule has 0 atom stereocenters. The van der Waals surface area contributed by atoms with E-state index in [9.17, 15) is 4.79 Å². The highest BCUT2D eigenvalue weighted by molar-refractivity contribution is 6.05. The van der Waals surface area contributed by atoms with E-state index in [-0.39, 0.29) is 5.97 Å². The van der Waals surface area contributed by atoms with Crippen LogP contribution in [0.5, 0.6) is 0 Å². The largest absolute Gasteiger partial charge is 0.465 e. The number of methoxy groups -OCH3 is 1. The zero-order valence-corrected chi connectivity index (χ0v) is 11.1. The van der Waals surface area contributed by atoms with Crippen LogP contribution in [0.4, 0.5) is 0 Å². The molecular formula is C16H18O2. The topological polar surface area (TPSA) is 26.3 Å². The Balaban J connectivity index is 2.67. The van der Waals surface area contributed by atoms with Crippen LogP contribution < -0.4 is 0 Å². The van der Waals surface area contributed by atoms with E-state index in [1.54, 1.807) is 0 Å². The molecule has 18 heavy (non-hydrogen) atoms. The van der Waals surface area contributed by atoms with Gasteiger partial charge in [0.25, 0.3) is 0 Å². The summed E-state index contributed by atoms with van der Waals surface area (Å²) in [6.45, 7) is 4.30. The summed E-state index contributed by atoms with van der Waals surface area (Å²) in [6, 6.07) is 12.0. The molecule has 0 unspecified atom stereocenters. The van der Waals surface area contributed by atoms with Gasteiger partial charge in [-0.2, -0.15) is 0 Å². The molecule has 2 nitrogen and oxygen atoms in total. The van der Waals surface area contributed by atoms with Crippen LogP contribution in [0.3, 0.4) is 0 Å². The second kappa shape index (κ2) is 5.21. The molecule has 0 bridgehead atoms. The van der Waals surface area contributed by atoms with Crippen LogP contribution in [0.25, 0.3) is 10.8 Å². The Kier molecular flexibility index (Phi) is 3.66. The number of hydrogen-bond donors (Lipinski definition) is 0. The highest BCUT2D eigenvalue weighted by Crippen LogP contribution is 2.25. The minimum absolute atomic E-state index is 0.248. The van der Waals surface area contributed by atoms with E-state index >= 15 is 0 Å². The van der Waals surface area contributed by atoms with Gasteiger partial charge in [-0.1, -0.05) is 50.2 Å². The molecule has 94 valence electrons. The third kappa shape index (κ3) is 2.37.